The molecule has 0 fully saturated rings. The molecule has 3 aromatic heterocycles. The van der Waals surface area contributed by atoms with Crippen molar-refractivity contribution in [3.05, 3.63) is 60.8 Å². The van der Waals surface area contributed by atoms with E-state index in [0.29, 0.717) is 23.7 Å². The van der Waals surface area contributed by atoms with Crippen LogP contribution in [0.3, 0.4) is 0 Å². The predicted molar refractivity (Wildman–Crippen MR) is 114 cm³/mol. The second-order valence-corrected chi connectivity index (χ2v) is 7.01. The van der Waals surface area contributed by atoms with E-state index >= 15 is 0 Å². The summed E-state index contributed by atoms with van der Waals surface area (Å²) in [4.78, 5) is 25.0. The summed E-state index contributed by atoms with van der Waals surface area (Å²) < 4.78 is 1.76. The van der Waals surface area contributed by atoms with Gasteiger partial charge >= 0.3 is 6.03 Å². The molecule has 1 unspecified atom stereocenters. The van der Waals surface area contributed by atoms with Gasteiger partial charge in [0, 0.05) is 16.6 Å². The summed E-state index contributed by atoms with van der Waals surface area (Å²) >= 11 is 0. The molecule has 3 N–H and O–H groups in total. The molecule has 0 saturated carbocycles. The van der Waals surface area contributed by atoms with E-state index in [1.165, 1.54) is 6.20 Å². The minimum absolute atomic E-state index is 0.329. The normalized spacial score (nSPS) is 12.0. The molecule has 9 heteroatoms. The van der Waals surface area contributed by atoms with Crippen LogP contribution in [0.4, 0.5) is 16.3 Å². The summed E-state index contributed by atoms with van der Waals surface area (Å²) in [7, 11) is 0. The van der Waals surface area contributed by atoms with Gasteiger partial charge in [0.2, 0.25) is 0 Å². The molecule has 152 valence electrons. The average molecular weight is 403 g/mol. The molecule has 4 aromatic rings. The third kappa shape index (κ3) is 4.41. The number of aliphatic hydroxyl groups is 1. The summed E-state index contributed by atoms with van der Waals surface area (Å²) in [5.41, 5.74) is 3.84. The lowest BCUT2D eigenvalue weighted by Gasteiger charge is -2.09. The first-order chi connectivity index (χ1) is 14.5. The number of fused-ring (bicyclic) bond motifs is 1. The van der Waals surface area contributed by atoms with Gasteiger partial charge in [-0.3, -0.25) is 20.0 Å². The fraction of sp³-hybridized carbons (Fsp3) is 0.190. The Balaban J connectivity index is 1.51. The molecule has 0 aliphatic carbocycles. The van der Waals surface area contributed by atoms with Gasteiger partial charge in [0.05, 0.1) is 54.3 Å². The fourth-order valence-corrected chi connectivity index (χ4v) is 3.03. The highest BCUT2D eigenvalue weighted by Gasteiger charge is 2.10. The van der Waals surface area contributed by atoms with Crippen LogP contribution in [-0.2, 0) is 6.54 Å². The second kappa shape index (κ2) is 8.26. The van der Waals surface area contributed by atoms with Crippen LogP contribution in [0, 0.1) is 6.92 Å². The minimum atomic E-state index is -0.483. The highest BCUT2D eigenvalue weighted by atomic mass is 16.3. The lowest BCUT2D eigenvalue weighted by molar-refractivity contribution is 0.170. The van der Waals surface area contributed by atoms with E-state index in [9.17, 15) is 9.90 Å². The maximum atomic E-state index is 12.2. The number of benzene rings is 1. The molecule has 1 aromatic carbocycles. The van der Waals surface area contributed by atoms with Crippen molar-refractivity contribution in [3.8, 4) is 11.3 Å². The van der Waals surface area contributed by atoms with Crippen LogP contribution >= 0.6 is 0 Å². The third-order valence-corrected chi connectivity index (χ3v) is 4.42. The van der Waals surface area contributed by atoms with Crippen LogP contribution in [-0.4, -0.2) is 42.0 Å². The van der Waals surface area contributed by atoms with Crippen LogP contribution in [0.2, 0.25) is 0 Å². The lowest BCUT2D eigenvalue weighted by atomic mass is 10.1. The van der Waals surface area contributed by atoms with E-state index in [0.717, 1.165) is 22.2 Å². The second-order valence-electron chi connectivity index (χ2n) is 7.01. The first-order valence-corrected chi connectivity index (χ1v) is 9.44. The van der Waals surface area contributed by atoms with Gasteiger partial charge in [0.25, 0.3) is 0 Å². The summed E-state index contributed by atoms with van der Waals surface area (Å²) in [6.45, 7) is 4.02. The number of aromatic nitrogens is 5. The highest BCUT2D eigenvalue weighted by Crippen LogP contribution is 2.23. The van der Waals surface area contributed by atoms with Crippen LogP contribution in [0.1, 0.15) is 12.6 Å². The maximum absolute atomic E-state index is 12.2. The van der Waals surface area contributed by atoms with Crippen LogP contribution in [0.15, 0.2) is 55.1 Å². The first-order valence-electron chi connectivity index (χ1n) is 9.44. The monoisotopic (exact) mass is 403 g/mol. The van der Waals surface area contributed by atoms with E-state index in [2.05, 4.69) is 30.7 Å². The number of anilines is 2. The number of aliphatic hydroxyl groups excluding tert-OH is 1. The Labute approximate surface area is 172 Å². The number of urea groups is 1. The molecular formula is C21H21N7O2. The van der Waals surface area contributed by atoms with E-state index in [-0.39, 0.29) is 0 Å². The van der Waals surface area contributed by atoms with Gasteiger partial charge in [-0.2, -0.15) is 5.10 Å². The fourth-order valence-electron chi connectivity index (χ4n) is 3.03. The molecule has 0 aliphatic heterocycles. The van der Waals surface area contributed by atoms with Crippen molar-refractivity contribution in [1.29, 1.82) is 0 Å². The molecule has 3 heterocycles. The van der Waals surface area contributed by atoms with Crippen LogP contribution in [0.25, 0.3) is 22.2 Å². The smallest absolute Gasteiger partial charge is 0.324 e. The number of pyridine rings is 1. The number of nitrogens with one attached hydrogen (secondary N) is 2. The van der Waals surface area contributed by atoms with E-state index in [4.69, 9.17) is 0 Å². The summed E-state index contributed by atoms with van der Waals surface area (Å²) in [5, 5.41) is 20.2. The van der Waals surface area contributed by atoms with Gasteiger partial charge in [-0.25, -0.2) is 9.78 Å². The zero-order chi connectivity index (χ0) is 21.1. The molecule has 1 atom stereocenters. The molecular weight excluding hydrogens is 382 g/mol. The van der Waals surface area contributed by atoms with Crippen molar-refractivity contribution in [3.63, 3.8) is 0 Å². The molecule has 0 saturated heterocycles. The van der Waals surface area contributed by atoms with E-state index < -0.39 is 12.1 Å². The molecule has 2 amide bonds. The van der Waals surface area contributed by atoms with E-state index in [1.807, 2.05) is 31.2 Å². The summed E-state index contributed by atoms with van der Waals surface area (Å²) in [6, 6.07) is 8.95. The van der Waals surface area contributed by atoms with Gasteiger partial charge in [0.15, 0.2) is 5.82 Å². The Morgan fingerprint density at radius 2 is 2.00 bits per heavy atom. The van der Waals surface area contributed by atoms with Crippen molar-refractivity contribution < 1.29 is 9.90 Å². The van der Waals surface area contributed by atoms with Gasteiger partial charge in [-0.15, -0.1) is 0 Å². The van der Waals surface area contributed by atoms with Gasteiger partial charge in [-0.1, -0.05) is 6.07 Å². The zero-order valence-electron chi connectivity index (χ0n) is 16.6. The summed E-state index contributed by atoms with van der Waals surface area (Å²) in [5.74, 6) is 0.329. The number of carbonyl (C=O) groups excluding carboxylic acids is 1. The van der Waals surface area contributed by atoms with Gasteiger partial charge < -0.3 is 10.4 Å². The molecule has 4 rings (SSSR count). The van der Waals surface area contributed by atoms with Crippen LogP contribution < -0.4 is 10.6 Å². The Bertz CT molecular complexity index is 1190. The number of aryl methyl sites for hydroxylation is 1. The topological polar surface area (TPSA) is 118 Å². The van der Waals surface area contributed by atoms with Gasteiger partial charge in [0.1, 0.15) is 0 Å². The molecule has 0 aliphatic rings. The summed E-state index contributed by atoms with van der Waals surface area (Å²) in [6.07, 6.45) is 5.97. The minimum Gasteiger partial charge on any atom is -0.391 e. The molecule has 9 nitrogen and oxygen atoms in total. The average Bonchev–Trinajstić information content (AvgIpc) is 3.11. The molecule has 0 spiro atoms. The Morgan fingerprint density at radius 1 is 1.13 bits per heavy atom. The largest absolute Gasteiger partial charge is 0.391 e. The standard InChI is InChI=1S/C21H21N7O2/c1-13-3-5-17(9-23-13)25-21(30)27-20-11-22-10-18(26-20)15-4-6-19-16(7-15)8-24-28(19)12-14(2)29/h3-11,14,29H,12H2,1-2H3,(H2,25,26,27,30). The SMILES string of the molecule is Cc1ccc(NC(=O)Nc2cncc(-c3ccc4c(cnn4CC(C)O)c3)n2)cn1. The number of rotatable bonds is 5. The van der Waals surface area contributed by atoms with Crippen molar-refractivity contribution in [2.24, 2.45) is 0 Å². The number of amides is 2. The van der Waals surface area contributed by atoms with Crippen molar-refractivity contribution >= 4 is 28.4 Å². The Hall–Kier alpha value is -3.85. The number of carbonyl (C=O) groups is 1. The first kappa shape index (κ1) is 19.5. The number of hydrogen-bond donors (Lipinski definition) is 3. The van der Waals surface area contributed by atoms with Crippen molar-refractivity contribution in [2.75, 3.05) is 10.6 Å². The van der Waals surface area contributed by atoms with E-state index in [1.54, 1.807) is 36.3 Å². The Kier molecular flexibility index (Phi) is 5.36. The quantitative estimate of drug-likeness (QED) is 0.471. The maximum Gasteiger partial charge on any atom is 0.324 e. The molecule has 0 bridgehead atoms. The van der Waals surface area contributed by atoms with Crippen molar-refractivity contribution in [2.45, 2.75) is 26.5 Å². The van der Waals surface area contributed by atoms with Crippen molar-refractivity contribution in [1.82, 2.24) is 24.7 Å². The molecule has 30 heavy (non-hydrogen) atoms. The zero-order valence-corrected chi connectivity index (χ0v) is 16.6. The van der Waals surface area contributed by atoms with Crippen LogP contribution in [0.5, 0.6) is 0 Å². The highest BCUT2D eigenvalue weighted by molar-refractivity contribution is 5.99. The number of nitrogens with zero attached hydrogens (tertiary/aromatic N) is 5. The van der Waals surface area contributed by atoms with Gasteiger partial charge in [-0.05, 0) is 38.1 Å². The third-order valence-electron chi connectivity index (χ3n) is 4.42. The predicted octanol–water partition coefficient (Wildman–Crippen LogP) is 3.22. The lowest BCUT2D eigenvalue weighted by Crippen LogP contribution is -2.20. The Morgan fingerprint density at radius 3 is 2.77 bits per heavy atom. The number of hydrogen-bond acceptors (Lipinski definition) is 6. The molecule has 0 radical (unpaired) electrons.